The fraction of sp³-hybridized carbons (Fsp3) is 0.667. The lowest BCUT2D eigenvalue weighted by Gasteiger charge is -1.95. The summed E-state index contributed by atoms with van der Waals surface area (Å²) in [6.07, 6.45) is 5.79. The van der Waals surface area contributed by atoms with Crippen LogP contribution in [0.4, 0.5) is 0 Å². The summed E-state index contributed by atoms with van der Waals surface area (Å²) in [6, 6.07) is 0. The maximum Gasteiger partial charge on any atom is 0.153 e. The monoisotopic (exact) mass is 174 g/mol. The fourth-order valence-electron chi connectivity index (χ4n) is 0.837. The maximum absolute atomic E-state index is 10.5. The van der Waals surface area contributed by atoms with E-state index in [1.807, 2.05) is 0 Å². The summed E-state index contributed by atoms with van der Waals surface area (Å²) in [4.78, 5) is 10.5. The minimum atomic E-state index is 0.0338. The Morgan fingerprint density at radius 2 is 2.09 bits per heavy atom. The van der Waals surface area contributed by atoms with Gasteiger partial charge in [-0.15, -0.1) is 0 Å². The number of halogens is 1. The van der Waals surface area contributed by atoms with E-state index in [1.165, 1.54) is 25.8 Å². The van der Waals surface area contributed by atoms with Crippen LogP contribution in [-0.4, -0.2) is 5.78 Å². The van der Waals surface area contributed by atoms with Gasteiger partial charge in [-0.1, -0.05) is 31.4 Å². The highest BCUT2D eigenvalue weighted by atomic mass is 35.5. The minimum Gasteiger partial charge on any atom is -0.295 e. The van der Waals surface area contributed by atoms with Crippen molar-refractivity contribution in [2.24, 2.45) is 0 Å². The van der Waals surface area contributed by atoms with E-state index in [2.05, 4.69) is 6.92 Å². The zero-order valence-electron chi connectivity index (χ0n) is 7.19. The second kappa shape index (κ2) is 6.41. The highest BCUT2D eigenvalue weighted by Crippen LogP contribution is 2.12. The third-order valence-electron chi connectivity index (χ3n) is 1.38. The SMILES string of the molecule is CCCCCC(Cl)=CC(C)=O. The number of rotatable bonds is 5. The van der Waals surface area contributed by atoms with Crippen LogP contribution in [0.25, 0.3) is 0 Å². The largest absolute Gasteiger partial charge is 0.295 e. The van der Waals surface area contributed by atoms with Crippen LogP contribution in [0.15, 0.2) is 11.1 Å². The Kier molecular flexibility index (Phi) is 6.24. The van der Waals surface area contributed by atoms with E-state index in [4.69, 9.17) is 11.6 Å². The van der Waals surface area contributed by atoms with E-state index >= 15 is 0 Å². The molecule has 0 N–H and O–H groups in total. The van der Waals surface area contributed by atoms with Gasteiger partial charge in [-0.2, -0.15) is 0 Å². The lowest BCUT2D eigenvalue weighted by Crippen LogP contribution is -1.84. The molecule has 1 nitrogen and oxygen atoms in total. The predicted octanol–water partition coefficient (Wildman–Crippen LogP) is 3.28. The second-order valence-corrected chi connectivity index (χ2v) is 3.14. The number of ketones is 1. The van der Waals surface area contributed by atoms with E-state index in [9.17, 15) is 4.79 Å². The molecular formula is C9H15ClO. The summed E-state index contributed by atoms with van der Waals surface area (Å²) < 4.78 is 0. The van der Waals surface area contributed by atoms with Gasteiger partial charge in [0.1, 0.15) is 0 Å². The van der Waals surface area contributed by atoms with Crippen LogP contribution in [-0.2, 0) is 4.79 Å². The molecule has 0 saturated carbocycles. The smallest absolute Gasteiger partial charge is 0.153 e. The summed E-state index contributed by atoms with van der Waals surface area (Å²) in [5, 5.41) is 0.686. The molecule has 0 aliphatic carbocycles. The standard InChI is InChI=1S/C9H15ClO/c1-3-4-5-6-9(10)7-8(2)11/h7H,3-6H2,1-2H3. The third-order valence-corrected chi connectivity index (χ3v) is 1.68. The molecule has 0 aliphatic rings. The Hall–Kier alpha value is -0.300. The maximum atomic E-state index is 10.5. The average molecular weight is 175 g/mol. The molecule has 0 aromatic carbocycles. The Balaban J connectivity index is 3.51. The molecule has 64 valence electrons. The van der Waals surface area contributed by atoms with E-state index in [-0.39, 0.29) is 5.78 Å². The normalized spacial score (nSPS) is 11.7. The van der Waals surface area contributed by atoms with Gasteiger partial charge in [0.2, 0.25) is 0 Å². The number of unbranched alkanes of at least 4 members (excludes halogenated alkanes) is 2. The average Bonchev–Trinajstić information content (AvgIpc) is 1.86. The van der Waals surface area contributed by atoms with Gasteiger partial charge in [0, 0.05) is 5.03 Å². The van der Waals surface area contributed by atoms with E-state index < -0.39 is 0 Å². The fourth-order valence-corrected chi connectivity index (χ4v) is 1.12. The third kappa shape index (κ3) is 7.60. The van der Waals surface area contributed by atoms with Crippen molar-refractivity contribution < 1.29 is 4.79 Å². The van der Waals surface area contributed by atoms with Gasteiger partial charge in [0.25, 0.3) is 0 Å². The summed E-state index contributed by atoms with van der Waals surface area (Å²) in [5.41, 5.74) is 0. The van der Waals surface area contributed by atoms with Crippen molar-refractivity contribution in [2.45, 2.75) is 39.5 Å². The molecule has 0 radical (unpaired) electrons. The van der Waals surface area contributed by atoms with Crippen LogP contribution in [0.1, 0.15) is 39.5 Å². The van der Waals surface area contributed by atoms with Crippen molar-refractivity contribution in [3.63, 3.8) is 0 Å². The molecule has 0 aliphatic heterocycles. The molecular weight excluding hydrogens is 160 g/mol. The molecule has 0 atom stereocenters. The molecule has 0 heterocycles. The predicted molar refractivity (Wildman–Crippen MR) is 48.8 cm³/mol. The van der Waals surface area contributed by atoms with E-state index in [0.717, 1.165) is 12.8 Å². The van der Waals surface area contributed by atoms with E-state index in [0.29, 0.717) is 5.03 Å². The highest BCUT2D eigenvalue weighted by molar-refractivity contribution is 6.30. The first-order valence-corrected chi connectivity index (χ1v) is 4.41. The first kappa shape index (κ1) is 10.7. The van der Waals surface area contributed by atoms with Crippen molar-refractivity contribution in [3.05, 3.63) is 11.1 Å². The molecule has 2 heteroatoms. The zero-order chi connectivity index (χ0) is 8.69. The number of carbonyl (C=O) groups is 1. The number of hydrogen-bond acceptors (Lipinski definition) is 1. The van der Waals surface area contributed by atoms with Crippen LogP contribution in [0, 0.1) is 0 Å². The molecule has 0 spiro atoms. The van der Waals surface area contributed by atoms with Crippen molar-refractivity contribution in [2.75, 3.05) is 0 Å². The van der Waals surface area contributed by atoms with Gasteiger partial charge in [-0.25, -0.2) is 0 Å². The molecule has 0 aromatic heterocycles. The zero-order valence-corrected chi connectivity index (χ0v) is 7.95. The Morgan fingerprint density at radius 3 is 2.55 bits per heavy atom. The van der Waals surface area contributed by atoms with Crippen molar-refractivity contribution in [3.8, 4) is 0 Å². The number of allylic oxidation sites excluding steroid dienone is 2. The van der Waals surface area contributed by atoms with Crippen LogP contribution < -0.4 is 0 Å². The van der Waals surface area contributed by atoms with Crippen LogP contribution >= 0.6 is 11.6 Å². The number of carbonyl (C=O) groups excluding carboxylic acids is 1. The molecule has 0 unspecified atom stereocenters. The quantitative estimate of drug-likeness (QED) is 0.462. The Labute approximate surface area is 73.4 Å². The summed E-state index contributed by atoms with van der Waals surface area (Å²) >= 11 is 5.75. The second-order valence-electron chi connectivity index (χ2n) is 2.66. The summed E-state index contributed by atoms with van der Waals surface area (Å²) in [7, 11) is 0. The lowest BCUT2D eigenvalue weighted by atomic mass is 10.2. The molecule has 0 rings (SSSR count). The Bertz CT molecular complexity index is 150. The molecule has 0 bridgehead atoms. The van der Waals surface area contributed by atoms with Gasteiger partial charge in [-0.05, 0) is 25.8 Å². The van der Waals surface area contributed by atoms with Crippen molar-refractivity contribution in [1.82, 2.24) is 0 Å². The highest BCUT2D eigenvalue weighted by Gasteiger charge is 1.93. The van der Waals surface area contributed by atoms with Gasteiger partial charge < -0.3 is 0 Å². The van der Waals surface area contributed by atoms with Gasteiger partial charge in [0.05, 0.1) is 0 Å². The summed E-state index contributed by atoms with van der Waals surface area (Å²) in [5.74, 6) is 0.0338. The molecule has 0 aromatic rings. The van der Waals surface area contributed by atoms with Crippen molar-refractivity contribution in [1.29, 1.82) is 0 Å². The van der Waals surface area contributed by atoms with Gasteiger partial charge in [0.15, 0.2) is 5.78 Å². The van der Waals surface area contributed by atoms with Gasteiger partial charge in [-0.3, -0.25) is 4.79 Å². The van der Waals surface area contributed by atoms with Crippen LogP contribution in [0.5, 0.6) is 0 Å². The summed E-state index contributed by atoms with van der Waals surface area (Å²) in [6.45, 7) is 3.66. The first-order valence-electron chi connectivity index (χ1n) is 4.03. The topological polar surface area (TPSA) is 17.1 Å². The van der Waals surface area contributed by atoms with Crippen molar-refractivity contribution >= 4 is 17.4 Å². The van der Waals surface area contributed by atoms with Crippen LogP contribution in [0.2, 0.25) is 0 Å². The lowest BCUT2D eigenvalue weighted by molar-refractivity contribution is -0.112. The first-order chi connectivity index (χ1) is 5.16. The van der Waals surface area contributed by atoms with Gasteiger partial charge >= 0.3 is 0 Å². The molecule has 0 fully saturated rings. The molecule has 0 saturated heterocycles. The molecule has 11 heavy (non-hydrogen) atoms. The minimum absolute atomic E-state index is 0.0338. The Morgan fingerprint density at radius 1 is 1.45 bits per heavy atom. The number of hydrogen-bond donors (Lipinski definition) is 0. The van der Waals surface area contributed by atoms with E-state index in [1.54, 1.807) is 0 Å². The van der Waals surface area contributed by atoms with Crippen LogP contribution in [0.3, 0.4) is 0 Å². The molecule has 0 amide bonds.